The van der Waals surface area contributed by atoms with Gasteiger partial charge in [0.05, 0.1) is 12.1 Å². The van der Waals surface area contributed by atoms with Gasteiger partial charge in [-0.1, -0.05) is 13.8 Å². The fourth-order valence-electron chi connectivity index (χ4n) is 3.59. The van der Waals surface area contributed by atoms with Crippen molar-refractivity contribution in [1.29, 1.82) is 0 Å². The van der Waals surface area contributed by atoms with Gasteiger partial charge in [0.1, 0.15) is 0 Å². The highest BCUT2D eigenvalue weighted by Gasteiger charge is 2.18. The quantitative estimate of drug-likeness (QED) is 0.811. The van der Waals surface area contributed by atoms with Crippen molar-refractivity contribution in [2.75, 3.05) is 19.6 Å². The molecule has 0 unspecified atom stereocenters. The molecule has 6 heteroatoms. The number of carbonyl (C=O) groups is 1. The van der Waals surface area contributed by atoms with Gasteiger partial charge in [0, 0.05) is 48.9 Å². The first-order valence-corrected chi connectivity index (χ1v) is 10.4. The number of thiophene rings is 1. The number of amides is 1. The highest BCUT2D eigenvalue weighted by molar-refractivity contribution is 7.10. The smallest absolute Gasteiger partial charge is 0.224 e. The van der Waals surface area contributed by atoms with Crippen molar-refractivity contribution in [3.63, 3.8) is 0 Å². The normalized spacial score (nSPS) is 14.7. The highest BCUT2D eigenvalue weighted by atomic mass is 32.1. The van der Waals surface area contributed by atoms with Crippen LogP contribution in [0.25, 0.3) is 0 Å². The Hall–Kier alpha value is -1.66. The van der Waals surface area contributed by atoms with Gasteiger partial charge in [-0.2, -0.15) is 5.10 Å². The van der Waals surface area contributed by atoms with Gasteiger partial charge in [0.2, 0.25) is 5.91 Å². The van der Waals surface area contributed by atoms with Crippen molar-refractivity contribution in [2.45, 2.75) is 53.6 Å². The Balaban J connectivity index is 1.47. The summed E-state index contributed by atoms with van der Waals surface area (Å²) >= 11 is 1.86. The minimum absolute atomic E-state index is 0.0912. The summed E-state index contributed by atoms with van der Waals surface area (Å²) in [6.07, 6.45) is 1.55. The number of nitrogens with zero attached hydrogens (tertiary/aromatic N) is 3. The fraction of sp³-hybridized carbons (Fsp3) is 0.600. The molecular weight excluding hydrogens is 344 g/mol. The SMILES string of the molecule is Cc1nn(CC(C)C)c(C)c1CC(=O)NCCN1CCc2sccc2C1. The Morgan fingerprint density at radius 1 is 1.38 bits per heavy atom. The lowest BCUT2D eigenvalue weighted by Crippen LogP contribution is -2.38. The van der Waals surface area contributed by atoms with Gasteiger partial charge in [0.25, 0.3) is 0 Å². The van der Waals surface area contributed by atoms with Crippen LogP contribution in [0.15, 0.2) is 11.4 Å². The van der Waals surface area contributed by atoms with E-state index in [4.69, 9.17) is 0 Å². The molecule has 3 heterocycles. The van der Waals surface area contributed by atoms with Crippen molar-refractivity contribution < 1.29 is 4.79 Å². The number of rotatable bonds is 7. The Bertz CT molecular complexity index is 762. The molecule has 0 aromatic carbocycles. The first-order chi connectivity index (χ1) is 12.4. The van der Waals surface area contributed by atoms with E-state index in [1.807, 2.05) is 22.9 Å². The van der Waals surface area contributed by atoms with Gasteiger partial charge >= 0.3 is 0 Å². The van der Waals surface area contributed by atoms with E-state index in [1.165, 1.54) is 10.4 Å². The van der Waals surface area contributed by atoms with Gasteiger partial charge < -0.3 is 5.32 Å². The number of aromatic nitrogens is 2. The van der Waals surface area contributed by atoms with Crippen LogP contribution < -0.4 is 5.32 Å². The fourth-order valence-corrected chi connectivity index (χ4v) is 4.48. The molecule has 0 saturated carbocycles. The second-order valence-electron chi connectivity index (χ2n) is 7.65. The molecule has 0 saturated heterocycles. The standard InChI is InChI=1S/C20H30N4OS/c1-14(2)12-24-16(4)18(15(3)22-24)11-20(25)21-7-9-23-8-5-19-17(13-23)6-10-26-19/h6,10,14H,5,7-9,11-13H2,1-4H3,(H,21,25). The molecule has 0 spiro atoms. The minimum atomic E-state index is 0.0912. The number of fused-ring (bicyclic) bond motifs is 1. The summed E-state index contributed by atoms with van der Waals surface area (Å²) in [5, 5.41) is 9.87. The van der Waals surface area contributed by atoms with Crippen LogP contribution in [0, 0.1) is 19.8 Å². The van der Waals surface area contributed by atoms with E-state index < -0.39 is 0 Å². The first-order valence-electron chi connectivity index (χ1n) is 9.51. The molecule has 3 rings (SSSR count). The van der Waals surface area contributed by atoms with E-state index in [0.29, 0.717) is 18.9 Å². The average molecular weight is 375 g/mol. The second-order valence-corrected chi connectivity index (χ2v) is 8.65. The minimum Gasteiger partial charge on any atom is -0.355 e. The Kier molecular flexibility index (Phi) is 6.14. The molecule has 1 N–H and O–H groups in total. The number of aryl methyl sites for hydroxylation is 1. The molecule has 2 aromatic rings. The monoisotopic (exact) mass is 374 g/mol. The van der Waals surface area contributed by atoms with E-state index in [9.17, 15) is 4.79 Å². The van der Waals surface area contributed by atoms with Gasteiger partial charge in [-0.3, -0.25) is 14.4 Å². The van der Waals surface area contributed by atoms with Crippen LogP contribution in [0.2, 0.25) is 0 Å². The summed E-state index contributed by atoms with van der Waals surface area (Å²) in [4.78, 5) is 16.3. The third kappa shape index (κ3) is 4.54. The van der Waals surface area contributed by atoms with Crippen molar-refractivity contribution in [3.05, 3.63) is 38.8 Å². The van der Waals surface area contributed by atoms with Crippen molar-refractivity contribution in [1.82, 2.24) is 20.0 Å². The lowest BCUT2D eigenvalue weighted by atomic mass is 10.1. The van der Waals surface area contributed by atoms with Gasteiger partial charge in [0.15, 0.2) is 0 Å². The van der Waals surface area contributed by atoms with E-state index in [2.05, 4.69) is 47.5 Å². The highest BCUT2D eigenvalue weighted by Crippen LogP contribution is 2.23. The van der Waals surface area contributed by atoms with Crippen LogP contribution in [0.5, 0.6) is 0 Å². The first kappa shape index (κ1) is 19.1. The third-order valence-electron chi connectivity index (χ3n) is 5.04. The lowest BCUT2D eigenvalue weighted by molar-refractivity contribution is -0.120. The lowest BCUT2D eigenvalue weighted by Gasteiger charge is -2.26. The van der Waals surface area contributed by atoms with Crippen molar-refractivity contribution >= 4 is 17.2 Å². The predicted octanol–water partition coefficient (Wildman–Crippen LogP) is 2.93. The van der Waals surface area contributed by atoms with Crippen LogP contribution >= 0.6 is 11.3 Å². The molecule has 142 valence electrons. The Morgan fingerprint density at radius 3 is 2.96 bits per heavy atom. The summed E-state index contributed by atoms with van der Waals surface area (Å²) in [6, 6.07) is 2.23. The average Bonchev–Trinajstić information content (AvgIpc) is 3.14. The molecule has 0 fully saturated rings. The largest absolute Gasteiger partial charge is 0.355 e. The summed E-state index contributed by atoms with van der Waals surface area (Å²) in [7, 11) is 0. The molecule has 2 aromatic heterocycles. The Morgan fingerprint density at radius 2 is 2.19 bits per heavy atom. The van der Waals surface area contributed by atoms with Crippen LogP contribution in [0.4, 0.5) is 0 Å². The van der Waals surface area contributed by atoms with Gasteiger partial charge in [-0.15, -0.1) is 11.3 Å². The predicted molar refractivity (Wildman–Crippen MR) is 107 cm³/mol. The van der Waals surface area contributed by atoms with Gasteiger partial charge in [-0.05, 0) is 43.2 Å². The summed E-state index contributed by atoms with van der Waals surface area (Å²) in [5.74, 6) is 0.636. The van der Waals surface area contributed by atoms with Crippen LogP contribution in [0.3, 0.4) is 0 Å². The van der Waals surface area contributed by atoms with Gasteiger partial charge in [-0.25, -0.2) is 0 Å². The molecule has 1 amide bonds. The number of carbonyl (C=O) groups excluding carboxylic acids is 1. The van der Waals surface area contributed by atoms with E-state index in [0.717, 1.165) is 49.6 Å². The maximum atomic E-state index is 12.4. The van der Waals surface area contributed by atoms with E-state index in [-0.39, 0.29) is 5.91 Å². The summed E-state index contributed by atoms with van der Waals surface area (Å²) in [6.45, 7) is 13.0. The zero-order valence-corrected chi connectivity index (χ0v) is 17.2. The summed E-state index contributed by atoms with van der Waals surface area (Å²) in [5.41, 5.74) is 4.62. The molecule has 0 radical (unpaired) electrons. The molecule has 0 aliphatic carbocycles. The molecule has 26 heavy (non-hydrogen) atoms. The summed E-state index contributed by atoms with van der Waals surface area (Å²) < 4.78 is 2.04. The molecule has 5 nitrogen and oxygen atoms in total. The van der Waals surface area contributed by atoms with E-state index in [1.54, 1.807) is 0 Å². The second kappa shape index (κ2) is 8.35. The van der Waals surface area contributed by atoms with Crippen LogP contribution in [0.1, 0.15) is 41.2 Å². The molecule has 1 aliphatic rings. The van der Waals surface area contributed by atoms with Crippen LogP contribution in [-0.4, -0.2) is 40.2 Å². The zero-order valence-electron chi connectivity index (χ0n) is 16.3. The number of hydrogen-bond acceptors (Lipinski definition) is 4. The van der Waals surface area contributed by atoms with Crippen LogP contribution in [-0.2, 0) is 30.7 Å². The van der Waals surface area contributed by atoms with Crippen molar-refractivity contribution in [2.24, 2.45) is 5.92 Å². The van der Waals surface area contributed by atoms with Crippen molar-refractivity contribution in [3.8, 4) is 0 Å². The Labute approximate surface area is 160 Å². The third-order valence-corrected chi connectivity index (χ3v) is 6.07. The molecule has 0 bridgehead atoms. The molecule has 0 atom stereocenters. The maximum absolute atomic E-state index is 12.4. The zero-order chi connectivity index (χ0) is 18.7. The topological polar surface area (TPSA) is 50.2 Å². The maximum Gasteiger partial charge on any atom is 0.224 e. The van der Waals surface area contributed by atoms with E-state index >= 15 is 0 Å². The molecule has 1 aliphatic heterocycles. The number of nitrogens with one attached hydrogen (secondary N) is 1. The molecular formula is C20H30N4OS. The number of hydrogen-bond donors (Lipinski definition) is 1.